The summed E-state index contributed by atoms with van der Waals surface area (Å²) in [7, 11) is -3.28. The Morgan fingerprint density at radius 1 is 1.24 bits per heavy atom. The minimum atomic E-state index is -3.28. The van der Waals surface area contributed by atoms with Gasteiger partial charge in [-0.3, -0.25) is 14.0 Å². The number of benzene rings is 1. The van der Waals surface area contributed by atoms with Crippen LogP contribution in [0.5, 0.6) is 0 Å². The van der Waals surface area contributed by atoms with Gasteiger partial charge in [0.2, 0.25) is 10.0 Å². The van der Waals surface area contributed by atoms with E-state index in [-0.39, 0.29) is 5.91 Å². The minimum absolute atomic E-state index is 0.118. The van der Waals surface area contributed by atoms with Crippen LogP contribution >= 0.6 is 0 Å². The Morgan fingerprint density at radius 2 is 2.00 bits per heavy atom. The number of nitrogens with zero attached hydrogens (tertiary/aromatic N) is 2. The lowest BCUT2D eigenvalue weighted by molar-refractivity contribution is 0.0383. The van der Waals surface area contributed by atoms with Crippen molar-refractivity contribution < 1.29 is 17.9 Å². The van der Waals surface area contributed by atoms with Gasteiger partial charge in [0.25, 0.3) is 5.91 Å². The van der Waals surface area contributed by atoms with Crippen LogP contribution in [0, 0.1) is 0 Å². The van der Waals surface area contributed by atoms with E-state index in [4.69, 9.17) is 4.74 Å². The van der Waals surface area contributed by atoms with E-state index in [2.05, 4.69) is 10.2 Å². The van der Waals surface area contributed by atoms with E-state index >= 15 is 0 Å². The molecule has 0 aliphatic carbocycles. The molecule has 138 valence electrons. The maximum atomic E-state index is 12.4. The molecule has 2 aliphatic rings. The summed E-state index contributed by atoms with van der Waals surface area (Å²) in [6.07, 6.45) is 2.77. The number of sulfonamides is 1. The van der Waals surface area contributed by atoms with Crippen molar-refractivity contribution in [3.63, 3.8) is 0 Å². The van der Waals surface area contributed by atoms with Crippen LogP contribution in [0.2, 0.25) is 0 Å². The maximum absolute atomic E-state index is 12.4. The third-order valence-electron chi connectivity index (χ3n) is 4.64. The summed E-state index contributed by atoms with van der Waals surface area (Å²) < 4.78 is 30.5. The summed E-state index contributed by atoms with van der Waals surface area (Å²) in [5.41, 5.74) is 2.19. The molecule has 1 amide bonds. The summed E-state index contributed by atoms with van der Waals surface area (Å²) in [4.78, 5) is 14.6. The molecule has 1 aromatic carbocycles. The molecular formula is C17H25N3O4S. The summed E-state index contributed by atoms with van der Waals surface area (Å²) in [5.74, 6) is -0.118. The number of hydrogen-bond donors (Lipinski definition) is 1. The van der Waals surface area contributed by atoms with Crippen molar-refractivity contribution in [3.05, 3.63) is 29.3 Å². The van der Waals surface area contributed by atoms with Crippen LogP contribution in [0.4, 0.5) is 5.69 Å². The average molecular weight is 367 g/mol. The van der Waals surface area contributed by atoms with Crippen LogP contribution in [0.3, 0.4) is 0 Å². The number of amides is 1. The molecule has 0 atom stereocenters. The number of ether oxygens (including phenoxy) is 1. The molecule has 2 aliphatic heterocycles. The normalized spacial score (nSPS) is 18.7. The fourth-order valence-electron chi connectivity index (χ4n) is 3.30. The topological polar surface area (TPSA) is 79.0 Å². The van der Waals surface area contributed by atoms with Gasteiger partial charge < -0.3 is 10.1 Å². The highest BCUT2D eigenvalue weighted by atomic mass is 32.2. The molecule has 0 aromatic heterocycles. The van der Waals surface area contributed by atoms with Crippen molar-refractivity contribution in [2.24, 2.45) is 0 Å². The minimum Gasteiger partial charge on any atom is -0.379 e. The molecule has 25 heavy (non-hydrogen) atoms. The second-order valence-electron chi connectivity index (χ2n) is 6.49. The van der Waals surface area contributed by atoms with Gasteiger partial charge in [-0.15, -0.1) is 0 Å². The highest BCUT2D eigenvalue weighted by molar-refractivity contribution is 7.92. The molecule has 3 rings (SSSR count). The average Bonchev–Trinajstić information content (AvgIpc) is 2.60. The van der Waals surface area contributed by atoms with Gasteiger partial charge in [0, 0.05) is 38.3 Å². The van der Waals surface area contributed by atoms with Gasteiger partial charge >= 0.3 is 0 Å². The number of hydrogen-bond acceptors (Lipinski definition) is 5. The molecule has 0 saturated carbocycles. The second-order valence-corrected chi connectivity index (χ2v) is 8.40. The van der Waals surface area contributed by atoms with E-state index in [1.54, 1.807) is 12.1 Å². The molecule has 2 heterocycles. The predicted molar refractivity (Wildman–Crippen MR) is 96.5 cm³/mol. The van der Waals surface area contributed by atoms with Crippen LogP contribution in [0.1, 0.15) is 22.3 Å². The molecule has 1 N–H and O–H groups in total. The lowest BCUT2D eigenvalue weighted by Gasteiger charge is -2.29. The molecule has 0 spiro atoms. The number of aryl methyl sites for hydroxylation is 1. The molecule has 0 bridgehead atoms. The van der Waals surface area contributed by atoms with E-state index in [0.29, 0.717) is 24.3 Å². The van der Waals surface area contributed by atoms with Crippen molar-refractivity contribution in [3.8, 4) is 0 Å². The van der Waals surface area contributed by atoms with Gasteiger partial charge in [0.05, 0.1) is 25.2 Å². The molecule has 0 radical (unpaired) electrons. The first-order chi connectivity index (χ1) is 11.9. The van der Waals surface area contributed by atoms with Crippen molar-refractivity contribution in [2.45, 2.75) is 12.8 Å². The fourth-order valence-corrected chi connectivity index (χ4v) is 4.30. The number of carbonyl (C=O) groups excluding carboxylic acids is 1. The standard InChI is InChI=1S/C17H25N3O4S/c1-25(22,23)20-7-2-3-14-13-15(4-5-16(14)20)17(21)18-6-8-19-9-11-24-12-10-19/h4-5,13H,2-3,6-12H2,1H3,(H,18,21). The zero-order valence-corrected chi connectivity index (χ0v) is 15.3. The Morgan fingerprint density at radius 3 is 2.72 bits per heavy atom. The van der Waals surface area contributed by atoms with E-state index in [0.717, 1.165) is 51.3 Å². The van der Waals surface area contributed by atoms with Gasteiger partial charge in [-0.2, -0.15) is 0 Å². The molecular weight excluding hydrogens is 342 g/mol. The molecule has 1 fully saturated rings. The third kappa shape index (κ3) is 4.50. The summed E-state index contributed by atoms with van der Waals surface area (Å²) >= 11 is 0. The highest BCUT2D eigenvalue weighted by Gasteiger charge is 2.24. The summed E-state index contributed by atoms with van der Waals surface area (Å²) in [6.45, 7) is 5.18. The van der Waals surface area contributed by atoms with Crippen LogP contribution in [0.25, 0.3) is 0 Å². The van der Waals surface area contributed by atoms with E-state index < -0.39 is 10.0 Å². The Balaban J connectivity index is 1.62. The van der Waals surface area contributed by atoms with Crippen LogP contribution in [-0.4, -0.2) is 71.4 Å². The van der Waals surface area contributed by atoms with Crippen molar-refractivity contribution in [1.29, 1.82) is 0 Å². The Kier molecular flexibility index (Phi) is 5.61. The molecule has 7 nitrogen and oxygen atoms in total. The Labute approximate surface area is 149 Å². The number of carbonyl (C=O) groups is 1. The number of nitrogens with one attached hydrogen (secondary N) is 1. The number of morpholine rings is 1. The molecule has 1 aromatic rings. The van der Waals surface area contributed by atoms with E-state index in [1.165, 1.54) is 10.6 Å². The van der Waals surface area contributed by atoms with Crippen LogP contribution < -0.4 is 9.62 Å². The van der Waals surface area contributed by atoms with E-state index in [1.807, 2.05) is 6.07 Å². The maximum Gasteiger partial charge on any atom is 0.251 e. The van der Waals surface area contributed by atoms with Crippen LogP contribution in [0.15, 0.2) is 18.2 Å². The lowest BCUT2D eigenvalue weighted by Crippen LogP contribution is -2.41. The molecule has 1 saturated heterocycles. The largest absolute Gasteiger partial charge is 0.379 e. The Bertz CT molecular complexity index is 729. The zero-order chi connectivity index (χ0) is 17.9. The Hall–Kier alpha value is -1.64. The number of fused-ring (bicyclic) bond motifs is 1. The number of rotatable bonds is 5. The van der Waals surface area contributed by atoms with E-state index in [9.17, 15) is 13.2 Å². The monoisotopic (exact) mass is 367 g/mol. The molecule has 8 heteroatoms. The van der Waals surface area contributed by atoms with Crippen molar-refractivity contribution in [1.82, 2.24) is 10.2 Å². The lowest BCUT2D eigenvalue weighted by atomic mass is 10.0. The first kappa shape index (κ1) is 18.2. The highest BCUT2D eigenvalue weighted by Crippen LogP contribution is 2.29. The van der Waals surface area contributed by atoms with Gasteiger partial charge in [-0.05, 0) is 36.6 Å². The van der Waals surface area contributed by atoms with Gasteiger partial charge in [-0.1, -0.05) is 0 Å². The number of anilines is 1. The SMILES string of the molecule is CS(=O)(=O)N1CCCc2cc(C(=O)NCCN3CCOCC3)ccc21. The summed E-state index contributed by atoms with van der Waals surface area (Å²) in [5, 5.41) is 2.94. The van der Waals surface area contributed by atoms with Gasteiger partial charge in [0.1, 0.15) is 0 Å². The van der Waals surface area contributed by atoms with Crippen molar-refractivity contribution >= 4 is 21.6 Å². The first-order valence-corrected chi connectivity index (χ1v) is 10.5. The second kappa shape index (κ2) is 7.72. The molecule has 0 unspecified atom stereocenters. The third-order valence-corrected chi connectivity index (χ3v) is 5.82. The smallest absolute Gasteiger partial charge is 0.251 e. The van der Waals surface area contributed by atoms with Crippen molar-refractivity contribution in [2.75, 3.05) is 56.5 Å². The zero-order valence-electron chi connectivity index (χ0n) is 14.5. The van der Waals surface area contributed by atoms with Gasteiger partial charge in [-0.25, -0.2) is 8.42 Å². The summed E-state index contributed by atoms with van der Waals surface area (Å²) in [6, 6.07) is 5.26. The van der Waals surface area contributed by atoms with Crippen LogP contribution in [-0.2, 0) is 21.2 Å². The fraction of sp³-hybridized carbons (Fsp3) is 0.588. The quantitative estimate of drug-likeness (QED) is 0.818. The van der Waals surface area contributed by atoms with Gasteiger partial charge in [0.15, 0.2) is 0 Å². The first-order valence-electron chi connectivity index (χ1n) is 8.64. The predicted octanol–water partition coefficient (Wildman–Crippen LogP) is 0.461.